The van der Waals surface area contributed by atoms with Gasteiger partial charge in [-0.1, -0.05) is 6.07 Å². The normalized spacial score (nSPS) is 10.9. The Morgan fingerprint density at radius 3 is 2.56 bits per heavy atom. The Hall–Kier alpha value is -3.02. The number of carbonyl (C=O) groups excluding carboxylic acids is 2. The van der Waals surface area contributed by atoms with Gasteiger partial charge in [-0.2, -0.15) is 0 Å². The van der Waals surface area contributed by atoms with Crippen molar-refractivity contribution in [3.63, 3.8) is 0 Å². The maximum absolute atomic E-state index is 12.2. The van der Waals surface area contributed by atoms with Crippen LogP contribution in [-0.2, 0) is 16.6 Å². The van der Waals surface area contributed by atoms with Gasteiger partial charge in [0.1, 0.15) is 0 Å². The summed E-state index contributed by atoms with van der Waals surface area (Å²) in [5.74, 6) is -0.540. The molecule has 0 aliphatic carbocycles. The molecule has 0 bridgehead atoms. The minimum absolute atomic E-state index is 0.0151. The minimum Gasteiger partial charge on any atom is -0.504 e. The minimum atomic E-state index is -0.620. The molecule has 1 aromatic carbocycles. The predicted octanol–water partition coefficient (Wildman–Crippen LogP) is 2.80. The number of hydrogen-bond donors (Lipinski definition) is 1. The van der Waals surface area contributed by atoms with E-state index in [1.165, 1.54) is 25.3 Å². The molecule has 132 valence electrons. The Bertz CT molecular complexity index is 833. The number of benzene rings is 1. The second-order valence-electron chi connectivity index (χ2n) is 5.64. The average Bonchev–Trinajstić information content (AvgIpc) is 2.86. The summed E-state index contributed by atoms with van der Waals surface area (Å²) in [5, 5.41) is 9.53. The van der Waals surface area contributed by atoms with Gasteiger partial charge in [-0.3, -0.25) is 4.79 Å². The zero-order chi connectivity index (χ0) is 18.6. The lowest BCUT2D eigenvalue weighted by molar-refractivity contribution is -0.136. The molecule has 0 fully saturated rings. The van der Waals surface area contributed by atoms with Gasteiger partial charge in [0.25, 0.3) is 0 Å². The summed E-state index contributed by atoms with van der Waals surface area (Å²) in [6.07, 6.45) is 2.74. The van der Waals surface area contributed by atoms with Gasteiger partial charge in [0, 0.05) is 30.1 Å². The fourth-order valence-electron chi connectivity index (χ4n) is 2.36. The SMILES string of the molecule is COc1cc(/C=C/C(=O)OCC(=O)c2cc(C)n(C)c2C)ccc1O. The third kappa shape index (κ3) is 4.29. The molecule has 0 saturated heterocycles. The largest absolute Gasteiger partial charge is 0.504 e. The monoisotopic (exact) mass is 343 g/mol. The molecule has 0 saturated carbocycles. The van der Waals surface area contributed by atoms with Crippen molar-refractivity contribution in [2.24, 2.45) is 7.05 Å². The first-order chi connectivity index (χ1) is 11.8. The van der Waals surface area contributed by atoms with E-state index in [0.29, 0.717) is 16.9 Å². The number of rotatable bonds is 6. The molecule has 0 aliphatic heterocycles. The second-order valence-corrected chi connectivity index (χ2v) is 5.64. The van der Waals surface area contributed by atoms with E-state index in [1.807, 2.05) is 25.5 Å². The molecule has 25 heavy (non-hydrogen) atoms. The summed E-state index contributed by atoms with van der Waals surface area (Å²) in [6.45, 7) is 3.44. The van der Waals surface area contributed by atoms with E-state index < -0.39 is 5.97 Å². The van der Waals surface area contributed by atoms with Crippen LogP contribution in [0.3, 0.4) is 0 Å². The lowest BCUT2D eigenvalue weighted by Gasteiger charge is -2.04. The van der Waals surface area contributed by atoms with Crippen LogP contribution >= 0.6 is 0 Å². The van der Waals surface area contributed by atoms with Gasteiger partial charge < -0.3 is 19.1 Å². The van der Waals surface area contributed by atoms with E-state index >= 15 is 0 Å². The highest BCUT2D eigenvalue weighted by Crippen LogP contribution is 2.26. The van der Waals surface area contributed by atoms with Crippen LogP contribution in [0.15, 0.2) is 30.3 Å². The molecule has 2 rings (SSSR count). The van der Waals surface area contributed by atoms with Crippen molar-refractivity contribution in [3.05, 3.63) is 52.9 Å². The molecular weight excluding hydrogens is 322 g/mol. The first-order valence-electron chi connectivity index (χ1n) is 7.71. The molecule has 1 heterocycles. The zero-order valence-corrected chi connectivity index (χ0v) is 14.7. The van der Waals surface area contributed by atoms with Crippen LogP contribution in [0.4, 0.5) is 0 Å². The Kier molecular flexibility index (Phi) is 5.64. The van der Waals surface area contributed by atoms with Crippen LogP contribution in [0.5, 0.6) is 11.5 Å². The number of methoxy groups -OCH3 is 1. The van der Waals surface area contributed by atoms with Crippen LogP contribution < -0.4 is 4.74 Å². The Morgan fingerprint density at radius 2 is 1.96 bits per heavy atom. The van der Waals surface area contributed by atoms with E-state index in [1.54, 1.807) is 18.2 Å². The smallest absolute Gasteiger partial charge is 0.331 e. The third-order valence-corrected chi connectivity index (χ3v) is 4.04. The van der Waals surface area contributed by atoms with E-state index in [2.05, 4.69) is 0 Å². The standard InChI is InChI=1S/C19H21NO5/c1-12-9-15(13(2)20(12)3)17(22)11-25-19(23)8-6-14-5-7-16(21)18(10-14)24-4/h5-10,21H,11H2,1-4H3/b8-6+. The van der Waals surface area contributed by atoms with Crippen LogP contribution in [0.1, 0.15) is 27.3 Å². The molecular formula is C19H21NO5. The van der Waals surface area contributed by atoms with E-state index in [-0.39, 0.29) is 18.1 Å². The maximum Gasteiger partial charge on any atom is 0.331 e. The summed E-state index contributed by atoms with van der Waals surface area (Å²) in [7, 11) is 3.32. The number of carbonyl (C=O) groups is 2. The summed E-state index contributed by atoms with van der Waals surface area (Å²) < 4.78 is 11.9. The van der Waals surface area contributed by atoms with Crippen molar-refractivity contribution >= 4 is 17.8 Å². The van der Waals surface area contributed by atoms with Crippen molar-refractivity contribution in [2.45, 2.75) is 13.8 Å². The lowest BCUT2D eigenvalue weighted by Crippen LogP contribution is -2.13. The summed E-state index contributed by atoms with van der Waals surface area (Å²) in [4.78, 5) is 24.0. The van der Waals surface area contributed by atoms with Gasteiger partial charge in [0.05, 0.1) is 7.11 Å². The number of nitrogens with zero attached hydrogens (tertiary/aromatic N) is 1. The summed E-state index contributed by atoms with van der Waals surface area (Å²) >= 11 is 0. The molecule has 0 amide bonds. The number of Topliss-reactive ketones (excluding diaryl/α,β-unsaturated/α-hetero) is 1. The number of esters is 1. The molecule has 1 N–H and O–H groups in total. The third-order valence-electron chi connectivity index (χ3n) is 4.04. The van der Waals surface area contributed by atoms with Crippen LogP contribution in [0, 0.1) is 13.8 Å². The number of phenols is 1. The van der Waals surface area contributed by atoms with E-state index in [9.17, 15) is 14.7 Å². The molecule has 0 atom stereocenters. The zero-order valence-electron chi connectivity index (χ0n) is 14.7. The van der Waals surface area contributed by atoms with Gasteiger partial charge in [-0.25, -0.2) is 4.79 Å². The van der Waals surface area contributed by atoms with Gasteiger partial charge in [-0.05, 0) is 43.7 Å². The molecule has 0 spiro atoms. The van der Waals surface area contributed by atoms with Crippen LogP contribution in [0.2, 0.25) is 0 Å². The van der Waals surface area contributed by atoms with Gasteiger partial charge in [0.2, 0.25) is 5.78 Å². The summed E-state index contributed by atoms with van der Waals surface area (Å²) in [6, 6.07) is 6.46. The number of ether oxygens (including phenoxy) is 2. The van der Waals surface area contributed by atoms with Crippen molar-refractivity contribution in [3.8, 4) is 11.5 Å². The molecule has 2 aromatic rings. The van der Waals surface area contributed by atoms with Crippen molar-refractivity contribution in [1.82, 2.24) is 4.57 Å². The quantitative estimate of drug-likeness (QED) is 0.496. The van der Waals surface area contributed by atoms with E-state index in [4.69, 9.17) is 9.47 Å². The van der Waals surface area contributed by atoms with Gasteiger partial charge in [0.15, 0.2) is 18.1 Å². The molecule has 6 heteroatoms. The number of phenolic OH excluding ortho intramolecular Hbond substituents is 1. The fraction of sp³-hybridized carbons (Fsp3) is 0.263. The number of ketones is 1. The molecule has 0 unspecified atom stereocenters. The first-order valence-corrected chi connectivity index (χ1v) is 7.71. The Labute approximate surface area is 146 Å². The molecule has 6 nitrogen and oxygen atoms in total. The molecule has 0 radical (unpaired) electrons. The lowest BCUT2D eigenvalue weighted by atomic mass is 10.1. The Morgan fingerprint density at radius 1 is 1.24 bits per heavy atom. The second kappa shape index (κ2) is 7.70. The Balaban J connectivity index is 1.96. The van der Waals surface area contributed by atoms with Gasteiger partial charge >= 0.3 is 5.97 Å². The molecule has 0 aliphatic rings. The van der Waals surface area contributed by atoms with Gasteiger partial charge in [-0.15, -0.1) is 0 Å². The highest BCUT2D eigenvalue weighted by atomic mass is 16.5. The summed E-state index contributed by atoms with van der Waals surface area (Å²) in [5.41, 5.74) is 3.02. The number of aromatic nitrogens is 1. The maximum atomic E-state index is 12.2. The van der Waals surface area contributed by atoms with Crippen LogP contribution in [0.25, 0.3) is 6.08 Å². The van der Waals surface area contributed by atoms with Crippen LogP contribution in [-0.4, -0.2) is 35.1 Å². The van der Waals surface area contributed by atoms with Crippen molar-refractivity contribution < 1.29 is 24.2 Å². The predicted molar refractivity (Wildman–Crippen MR) is 93.9 cm³/mol. The van der Waals surface area contributed by atoms with E-state index in [0.717, 1.165) is 11.4 Å². The highest BCUT2D eigenvalue weighted by molar-refractivity contribution is 6.00. The fourth-order valence-corrected chi connectivity index (χ4v) is 2.36. The first kappa shape index (κ1) is 18.3. The van der Waals surface area contributed by atoms with Crippen molar-refractivity contribution in [1.29, 1.82) is 0 Å². The average molecular weight is 343 g/mol. The highest BCUT2D eigenvalue weighted by Gasteiger charge is 2.15. The molecule has 1 aromatic heterocycles. The number of aromatic hydroxyl groups is 1. The number of hydrogen-bond acceptors (Lipinski definition) is 5. The number of aryl methyl sites for hydroxylation is 1. The topological polar surface area (TPSA) is 77.8 Å². The van der Waals surface area contributed by atoms with Crippen molar-refractivity contribution in [2.75, 3.05) is 13.7 Å².